The van der Waals surface area contributed by atoms with Crippen LogP contribution in [0.3, 0.4) is 0 Å². The quantitative estimate of drug-likeness (QED) is 0.787. The van der Waals surface area contributed by atoms with E-state index in [2.05, 4.69) is 24.4 Å². The van der Waals surface area contributed by atoms with Crippen molar-refractivity contribution in [1.29, 1.82) is 0 Å². The lowest BCUT2D eigenvalue weighted by Crippen LogP contribution is -3.16. The minimum atomic E-state index is -0.246. The van der Waals surface area contributed by atoms with Crippen molar-refractivity contribution < 1.29 is 9.69 Å². The second kappa shape index (κ2) is 6.77. The number of hydrogen-bond acceptors (Lipinski definition) is 2. The van der Waals surface area contributed by atoms with E-state index in [0.717, 1.165) is 18.2 Å². The van der Waals surface area contributed by atoms with E-state index in [1.54, 1.807) is 0 Å². The van der Waals surface area contributed by atoms with Gasteiger partial charge in [-0.3, -0.25) is 9.59 Å². The Morgan fingerprint density at radius 3 is 2.62 bits per heavy atom. The van der Waals surface area contributed by atoms with Crippen LogP contribution in [0.4, 0.5) is 0 Å². The molecule has 1 saturated carbocycles. The van der Waals surface area contributed by atoms with Crippen molar-refractivity contribution in [2.75, 3.05) is 20.6 Å². The Hall–Kier alpha value is -2.14. The van der Waals surface area contributed by atoms with Crippen molar-refractivity contribution in [2.24, 2.45) is 0 Å². The summed E-state index contributed by atoms with van der Waals surface area (Å²) in [6.45, 7) is 0.648. The maximum absolute atomic E-state index is 12.7. The highest BCUT2D eigenvalue weighted by Crippen LogP contribution is 2.25. The Balaban J connectivity index is 1.84. The van der Waals surface area contributed by atoms with Crippen LogP contribution in [0.2, 0.25) is 0 Å². The lowest BCUT2D eigenvalue weighted by atomic mass is 9.80. The number of quaternary nitrogens is 1. The predicted molar refractivity (Wildman–Crippen MR) is 95.5 cm³/mol. The number of rotatable bonds is 4. The summed E-state index contributed by atoms with van der Waals surface area (Å²) < 4.78 is 0. The van der Waals surface area contributed by atoms with E-state index >= 15 is 0 Å². The molecule has 5 nitrogen and oxygen atoms in total. The average molecular weight is 328 g/mol. The molecule has 24 heavy (non-hydrogen) atoms. The Bertz CT molecular complexity index is 789. The predicted octanol–water partition coefficient (Wildman–Crippen LogP) is 1.11. The number of amides is 1. The average Bonchev–Trinajstić information content (AvgIpc) is 2.59. The van der Waals surface area contributed by atoms with E-state index in [4.69, 9.17) is 0 Å². The number of carbonyl (C=O) groups excluding carboxylic acids is 1. The van der Waals surface area contributed by atoms with Crippen molar-refractivity contribution in [3.63, 3.8) is 0 Å². The van der Waals surface area contributed by atoms with E-state index in [0.29, 0.717) is 17.6 Å². The second-order valence-electron chi connectivity index (χ2n) is 7.12. The summed E-state index contributed by atoms with van der Waals surface area (Å²) in [5.74, 6) is -0.163. The normalized spacial score (nSPS) is 17.1. The number of aromatic amines is 1. The first-order chi connectivity index (χ1) is 11.5. The van der Waals surface area contributed by atoms with Crippen LogP contribution in [0, 0.1) is 0 Å². The lowest BCUT2D eigenvalue weighted by molar-refractivity contribution is -0.916. The van der Waals surface area contributed by atoms with Gasteiger partial charge in [-0.1, -0.05) is 24.6 Å². The van der Waals surface area contributed by atoms with Gasteiger partial charge in [0.25, 0.3) is 5.91 Å². The molecule has 2 aromatic rings. The molecule has 0 aliphatic heterocycles. The van der Waals surface area contributed by atoms with E-state index in [9.17, 15) is 9.59 Å². The second-order valence-corrected chi connectivity index (χ2v) is 7.12. The van der Waals surface area contributed by atoms with Crippen molar-refractivity contribution in [1.82, 2.24) is 10.3 Å². The summed E-state index contributed by atoms with van der Waals surface area (Å²) in [5, 5.41) is 3.88. The topological polar surface area (TPSA) is 66.4 Å². The molecule has 3 rings (SSSR count). The molecule has 128 valence electrons. The number of hydrogen-bond donors (Lipinski definition) is 3. The smallest absolute Gasteiger partial charge is 0.252 e. The van der Waals surface area contributed by atoms with Crippen LogP contribution >= 0.6 is 0 Å². The summed E-state index contributed by atoms with van der Waals surface area (Å²) in [4.78, 5) is 28.8. The van der Waals surface area contributed by atoms with E-state index in [-0.39, 0.29) is 17.0 Å². The number of aromatic nitrogens is 1. The van der Waals surface area contributed by atoms with Crippen LogP contribution in [0.15, 0.2) is 35.1 Å². The molecule has 0 saturated heterocycles. The minimum absolute atomic E-state index is 0.102. The maximum Gasteiger partial charge on any atom is 0.252 e. The highest BCUT2D eigenvalue weighted by atomic mass is 16.2. The molecule has 1 aliphatic rings. The molecular weight excluding hydrogens is 302 g/mol. The SMILES string of the molecule is C[NH+](C)C1(CNC(=O)c2cc(=O)[nH]c3ccccc23)CCCCC1. The Labute approximate surface area is 142 Å². The first-order valence-corrected chi connectivity index (χ1v) is 8.73. The van der Waals surface area contributed by atoms with Gasteiger partial charge in [-0.05, 0) is 18.9 Å². The van der Waals surface area contributed by atoms with Gasteiger partial charge in [0.1, 0.15) is 5.54 Å². The van der Waals surface area contributed by atoms with Crippen LogP contribution in [-0.2, 0) is 0 Å². The van der Waals surface area contributed by atoms with Crippen LogP contribution in [0.25, 0.3) is 10.9 Å². The lowest BCUT2D eigenvalue weighted by Gasteiger charge is -2.39. The Morgan fingerprint density at radius 2 is 1.92 bits per heavy atom. The standard InChI is InChI=1S/C19H25N3O2/c1-22(2)19(10-6-3-7-11-19)13-20-18(24)15-12-17(23)21-16-9-5-4-8-14(15)16/h4-5,8-9,12H,3,6-7,10-11,13H2,1-2H3,(H,20,24)(H,21,23)/p+1. The van der Waals surface area contributed by atoms with Crippen LogP contribution < -0.4 is 15.8 Å². The molecule has 0 bridgehead atoms. The third kappa shape index (κ3) is 3.22. The molecule has 1 fully saturated rings. The molecule has 3 N–H and O–H groups in total. The van der Waals surface area contributed by atoms with Gasteiger partial charge in [0, 0.05) is 29.8 Å². The molecule has 0 atom stereocenters. The molecule has 1 amide bonds. The van der Waals surface area contributed by atoms with Gasteiger partial charge in [0.15, 0.2) is 0 Å². The summed E-state index contributed by atoms with van der Waals surface area (Å²) >= 11 is 0. The molecule has 1 heterocycles. The zero-order valence-electron chi connectivity index (χ0n) is 14.4. The fourth-order valence-corrected chi connectivity index (χ4v) is 3.82. The third-order valence-electron chi connectivity index (χ3n) is 5.45. The number of carbonyl (C=O) groups is 1. The summed E-state index contributed by atoms with van der Waals surface area (Å²) in [6, 6.07) is 8.82. The van der Waals surface area contributed by atoms with Gasteiger partial charge in [-0.2, -0.15) is 0 Å². The summed E-state index contributed by atoms with van der Waals surface area (Å²) in [7, 11) is 4.33. The number of fused-ring (bicyclic) bond motifs is 1. The van der Waals surface area contributed by atoms with Gasteiger partial charge in [0.2, 0.25) is 5.56 Å². The van der Waals surface area contributed by atoms with Crippen LogP contribution in [0.1, 0.15) is 42.5 Å². The minimum Gasteiger partial charge on any atom is -0.346 e. The van der Waals surface area contributed by atoms with Crippen molar-refractivity contribution in [2.45, 2.75) is 37.6 Å². The van der Waals surface area contributed by atoms with Gasteiger partial charge in [0.05, 0.1) is 26.2 Å². The molecular formula is C19H26N3O2+. The van der Waals surface area contributed by atoms with E-state index in [1.165, 1.54) is 30.2 Å². The van der Waals surface area contributed by atoms with Gasteiger partial charge >= 0.3 is 0 Å². The third-order valence-corrected chi connectivity index (χ3v) is 5.45. The Kier molecular flexibility index (Phi) is 4.71. The molecule has 5 heteroatoms. The number of H-pyrrole nitrogens is 1. The largest absolute Gasteiger partial charge is 0.346 e. The zero-order chi connectivity index (χ0) is 17.2. The highest BCUT2D eigenvalue weighted by molar-refractivity contribution is 6.05. The van der Waals surface area contributed by atoms with Crippen molar-refractivity contribution in [3.05, 3.63) is 46.2 Å². The number of para-hydroxylation sites is 1. The first-order valence-electron chi connectivity index (χ1n) is 8.73. The fraction of sp³-hybridized carbons (Fsp3) is 0.474. The van der Waals surface area contributed by atoms with Crippen LogP contribution in [-0.4, -0.2) is 37.1 Å². The van der Waals surface area contributed by atoms with Gasteiger partial charge in [-0.15, -0.1) is 0 Å². The molecule has 0 unspecified atom stereocenters. The number of likely N-dealkylation sites (N-methyl/N-ethyl adjacent to an activating group) is 1. The van der Waals surface area contributed by atoms with Crippen LogP contribution in [0.5, 0.6) is 0 Å². The van der Waals surface area contributed by atoms with Gasteiger partial charge < -0.3 is 15.2 Å². The number of nitrogens with one attached hydrogen (secondary N) is 3. The Morgan fingerprint density at radius 1 is 1.21 bits per heavy atom. The monoisotopic (exact) mass is 328 g/mol. The first kappa shape index (κ1) is 16.7. The number of pyridine rings is 1. The molecule has 0 radical (unpaired) electrons. The fourth-order valence-electron chi connectivity index (χ4n) is 3.82. The molecule has 1 aromatic carbocycles. The zero-order valence-corrected chi connectivity index (χ0v) is 14.4. The molecule has 1 aromatic heterocycles. The summed E-state index contributed by atoms with van der Waals surface area (Å²) in [6.07, 6.45) is 5.98. The molecule has 1 aliphatic carbocycles. The molecule has 0 spiro atoms. The maximum atomic E-state index is 12.7. The van der Waals surface area contributed by atoms with Crippen molar-refractivity contribution in [3.8, 4) is 0 Å². The highest BCUT2D eigenvalue weighted by Gasteiger charge is 2.38. The number of benzene rings is 1. The van der Waals surface area contributed by atoms with Gasteiger partial charge in [-0.25, -0.2) is 0 Å². The van der Waals surface area contributed by atoms with Crippen molar-refractivity contribution >= 4 is 16.8 Å². The van der Waals surface area contributed by atoms with E-state index in [1.807, 2.05) is 24.3 Å². The summed E-state index contributed by atoms with van der Waals surface area (Å²) in [5.41, 5.74) is 1.00. The van der Waals surface area contributed by atoms with E-state index < -0.39 is 0 Å².